The first-order valence-electron chi connectivity index (χ1n) is 5.75. The zero-order chi connectivity index (χ0) is 12.1. The molecule has 0 N–H and O–H groups in total. The van der Waals surface area contributed by atoms with Gasteiger partial charge in [-0.05, 0) is 24.1 Å². The molecule has 2 rings (SSSR count). The van der Waals surface area contributed by atoms with E-state index in [4.69, 9.17) is 25.8 Å². The topological polar surface area (TPSA) is 31.0 Å². The monoisotopic (exact) mass is 256 g/mol. The van der Waals surface area contributed by atoms with Crippen molar-refractivity contribution in [1.29, 1.82) is 0 Å². The number of benzene rings is 1. The summed E-state index contributed by atoms with van der Waals surface area (Å²) in [5, 5.41) is 0. The minimum Gasteiger partial charge on any atom is -0.497 e. The van der Waals surface area contributed by atoms with Crippen LogP contribution in [0.4, 0.5) is 0 Å². The number of hydrogen-bond donors (Lipinski definition) is 0. The van der Waals surface area contributed by atoms with Crippen molar-refractivity contribution in [1.82, 2.24) is 0 Å². The van der Waals surface area contributed by atoms with Gasteiger partial charge in [0.15, 0.2) is 0 Å². The Labute approximate surface area is 107 Å². The summed E-state index contributed by atoms with van der Waals surface area (Å²) < 4.78 is 16.0. The quantitative estimate of drug-likeness (QED) is 0.427. The lowest BCUT2D eigenvalue weighted by atomic mass is 10.2. The molecule has 0 radical (unpaired) electrons. The largest absolute Gasteiger partial charge is 0.497 e. The molecule has 17 heavy (non-hydrogen) atoms. The van der Waals surface area contributed by atoms with Gasteiger partial charge in [0.05, 0.1) is 31.8 Å². The first-order valence-corrected chi connectivity index (χ1v) is 6.29. The Hall–Kier alpha value is -0.770. The van der Waals surface area contributed by atoms with Gasteiger partial charge in [-0.1, -0.05) is 12.1 Å². The Bertz CT molecular complexity index is 339. The fourth-order valence-corrected chi connectivity index (χ4v) is 1.95. The van der Waals surface area contributed by atoms with E-state index in [-0.39, 0.29) is 6.10 Å². The molecule has 0 unspecified atom stereocenters. The van der Waals surface area contributed by atoms with Crippen LogP contribution in [0.2, 0.25) is 0 Å². The molecule has 0 aromatic heterocycles. The van der Waals surface area contributed by atoms with Gasteiger partial charge in [-0.2, -0.15) is 0 Å². The van der Waals surface area contributed by atoms with Crippen LogP contribution < -0.4 is 4.74 Å². The molecular formula is C13H17ClO3. The van der Waals surface area contributed by atoms with Gasteiger partial charge in [0.2, 0.25) is 0 Å². The molecule has 1 saturated heterocycles. The van der Waals surface area contributed by atoms with Crippen LogP contribution in [0.5, 0.6) is 5.75 Å². The second kappa shape index (κ2) is 6.24. The maximum Gasteiger partial charge on any atom is 0.118 e. The second-order valence-electron chi connectivity index (χ2n) is 4.06. The highest BCUT2D eigenvalue weighted by Gasteiger charge is 2.37. The average Bonchev–Trinajstić information content (AvgIpc) is 3.14. The molecule has 2 atom stereocenters. The van der Waals surface area contributed by atoms with Gasteiger partial charge >= 0.3 is 0 Å². The highest BCUT2D eigenvalue weighted by molar-refractivity contribution is 6.18. The number of rotatable bonds is 7. The van der Waals surface area contributed by atoms with Gasteiger partial charge in [0.25, 0.3) is 0 Å². The lowest BCUT2D eigenvalue weighted by molar-refractivity contribution is 0.113. The van der Waals surface area contributed by atoms with Crippen LogP contribution >= 0.6 is 11.6 Å². The normalized spacial score (nSPS) is 22.5. The van der Waals surface area contributed by atoms with Gasteiger partial charge in [-0.15, -0.1) is 11.6 Å². The van der Waals surface area contributed by atoms with E-state index >= 15 is 0 Å². The number of epoxide rings is 1. The molecule has 1 aliphatic rings. The number of hydrogen-bond acceptors (Lipinski definition) is 3. The standard InChI is InChI=1S/C13H17ClO3/c1-15-11-4-2-10(3-5-11)9-16-7-6-12-13(8-14)17-12/h2-5,12-13H,6-9H2,1H3/t12-,13-/m1/s1. The van der Waals surface area contributed by atoms with Crippen LogP contribution in [0.15, 0.2) is 24.3 Å². The number of halogens is 1. The number of ether oxygens (including phenoxy) is 3. The Kier molecular flexibility index (Phi) is 4.66. The summed E-state index contributed by atoms with van der Waals surface area (Å²) >= 11 is 5.65. The van der Waals surface area contributed by atoms with Gasteiger partial charge in [-0.3, -0.25) is 0 Å². The second-order valence-corrected chi connectivity index (χ2v) is 4.37. The van der Waals surface area contributed by atoms with E-state index in [0.29, 0.717) is 25.2 Å². The minimum atomic E-state index is 0.251. The molecule has 1 aromatic rings. The van der Waals surface area contributed by atoms with Crippen molar-refractivity contribution < 1.29 is 14.2 Å². The molecule has 0 bridgehead atoms. The van der Waals surface area contributed by atoms with Crippen molar-refractivity contribution in [2.45, 2.75) is 25.2 Å². The fourth-order valence-electron chi connectivity index (χ4n) is 1.68. The van der Waals surface area contributed by atoms with Crippen LogP contribution in [0.25, 0.3) is 0 Å². The van der Waals surface area contributed by atoms with Gasteiger partial charge < -0.3 is 14.2 Å². The molecule has 1 heterocycles. The third-order valence-corrected chi connectivity index (χ3v) is 3.12. The molecule has 0 spiro atoms. The van der Waals surface area contributed by atoms with E-state index in [1.165, 1.54) is 0 Å². The molecule has 4 heteroatoms. The predicted octanol–water partition coefficient (Wildman–Crippen LogP) is 2.61. The lowest BCUT2D eigenvalue weighted by Gasteiger charge is -2.04. The van der Waals surface area contributed by atoms with Crippen molar-refractivity contribution >= 4 is 11.6 Å². The van der Waals surface area contributed by atoms with Crippen molar-refractivity contribution in [3.8, 4) is 5.75 Å². The Morgan fingerprint density at radius 3 is 2.59 bits per heavy atom. The molecule has 94 valence electrons. The minimum absolute atomic E-state index is 0.251. The lowest BCUT2D eigenvalue weighted by Crippen LogP contribution is -2.02. The van der Waals surface area contributed by atoms with Crippen molar-refractivity contribution in [3.05, 3.63) is 29.8 Å². The number of alkyl halides is 1. The third-order valence-electron chi connectivity index (χ3n) is 2.81. The van der Waals surface area contributed by atoms with Crippen LogP contribution in [-0.4, -0.2) is 31.8 Å². The third kappa shape index (κ3) is 3.87. The summed E-state index contributed by atoms with van der Waals surface area (Å²) in [7, 11) is 1.66. The van der Waals surface area contributed by atoms with Crippen LogP contribution in [0.3, 0.4) is 0 Å². The van der Waals surface area contributed by atoms with E-state index in [9.17, 15) is 0 Å². The summed E-state index contributed by atoms with van der Waals surface area (Å²) in [4.78, 5) is 0. The fraction of sp³-hybridized carbons (Fsp3) is 0.538. The molecule has 0 saturated carbocycles. The Morgan fingerprint density at radius 1 is 1.24 bits per heavy atom. The van der Waals surface area contributed by atoms with E-state index in [1.54, 1.807) is 7.11 Å². The SMILES string of the molecule is COc1ccc(COCC[C@H]2O[C@@H]2CCl)cc1. The van der Waals surface area contributed by atoms with Crippen molar-refractivity contribution in [2.24, 2.45) is 0 Å². The summed E-state index contributed by atoms with van der Waals surface area (Å²) in [5.41, 5.74) is 1.15. The highest BCUT2D eigenvalue weighted by Crippen LogP contribution is 2.26. The Morgan fingerprint density at radius 2 is 2.00 bits per heavy atom. The van der Waals surface area contributed by atoms with Gasteiger partial charge in [0.1, 0.15) is 5.75 Å². The molecule has 0 amide bonds. The first kappa shape index (κ1) is 12.7. The molecule has 1 aliphatic heterocycles. The summed E-state index contributed by atoms with van der Waals surface area (Å²) in [6.07, 6.45) is 1.48. The molecule has 1 fully saturated rings. The van der Waals surface area contributed by atoms with Gasteiger partial charge in [0, 0.05) is 6.61 Å². The predicted molar refractivity (Wildman–Crippen MR) is 66.6 cm³/mol. The molecule has 3 nitrogen and oxygen atoms in total. The smallest absolute Gasteiger partial charge is 0.118 e. The van der Waals surface area contributed by atoms with Crippen molar-refractivity contribution in [3.63, 3.8) is 0 Å². The van der Waals surface area contributed by atoms with E-state index in [0.717, 1.165) is 17.7 Å². The molecule has 0 aliphatic carbocycles. The van der Waals surface area contributed by atoms with Gasteiger partial charge in [-0.25, -0.2) is 0 Å². The Balaban J connectivity index is 1.61. The first-order chi connectivity index (χ1) is 8.33. The van der Waals surface area contributed by atoms with Crippen LogP contribution in [-0.2, 0) is 16.1 Å². The highest BCUT2D eigenvalue weighted by atomic mass is 35.5. The maximum atomic E-state index is 5.65. The van der Waals surface area contributed by atoms with E-state index in [1.807, 2.05) is 24.3 Å². The summed E-state index contributed by atoms with van der Waals surface area (Å²) in [6.45, 7) is 1.34. The number of methoxy groups -OCH3 is 1. The average molecular weight is 257 g/mol. The van der Waals surface area contributed by atoms with Crippen molar-refractivity contribution in [2.75, 3.05) is 19.6 Å². The van der Waals surface area contributed by atoms with Crippen LogP contribution in [0.1, 0.15) is 12.0 Å². The molecular weight excluding hydrogens is 240 g/mol. The van der Waals surface area contributed by atoms with Crippen LogP contribution in [0, 0.1) is 0 Å². The molecule has 1 aromatic carbocycles. The van der Waals surface area contributed by atoms with E-state index < -0.39 is 0 Å². The zero-order valence-electron chi connectivity index (χ0n) is 9.90. The maximum absolute atomic E-state index is 5.65. The van der Waals surface area contributed by atoms with E-state index in [2.05, 4.69) is 0 Å². The zero-order valence-corrected chi connectivity index (χ0v) is 10.7. The summed E-state index contributed by atoms with van der Waals surface area (Å²) in [5.74, 6) is 1.45. The summed E-state index contributed by atoms with van der Waals surface area (Å²) in [6, 6.07) is 7.89.